The van der Waals surface area contributed by atoms with Crippen LogP contribution < -0.4 is 0 Å². The SMILES string of the molecule is CCCc1cccc(C(Cc2ccccc2)OC(=O)O)c1CCC. The second kappa shape index (κ2) is 9.11. The van der Waals surface area contributed by atoms with Crippen molar-refractivity contribution < 1.29 is 14.6 Å². The van der Waals surface area contributed by atoms with Crippen LogP contribution in [-0.4, -0.2) is 11.3 Å². The van der Waals surface area contributed by atoms with Gasteiger partial charge >= 0.3 is 6.16 Å². The summed E-state index contributed by atoms with van der Waals surface area (Å²) in [6.07, 6.45) is 2.91. The van der Waals surface area contributed by atoms with Gasteiger partial charge in [-0.3, -0.25) is 0 Å². The third-order valence-corrected chi connectivity index (χ3v) is 4.18. The molecule has 0 bridgehead atoms. The van der Waals surface area contributed by atoms with E-state index in [0.29, 0.717) is 6.42 Å². The molecule has 128 valence electrons. The highest BCUT2D eigenvalue weighted by Gasteiger charge is 2.21. The largest absolute Gasteiger partial charge is 0.506 e. The molecule has 0 saturated carbocycles. The molecule has 2 aromatic rings. The predicted molar refractivity (Wildman–Crippen MR) is 96.4 cm³/mol. The minimum atomic E-state index is -1.22. The Morgan fingerprint density at radius 1 is 1.00 bits per heavy atom. The number of ether oxygens (including phenoxy) is 1. The highest BCUT2D eigenvalue weighted by atomic mass is 16.7. The lowest BCUT2D eigenvalue weighted by molar-refractivity contribution is 0.0509. The molecule has 0 aromatic heterocycles. The Bertz CT molecular complexity index is 649. The standard InChI is InChI=1S/C21H26O3/c1-3-9-17-13-8-14-19(18(17)10-4-2)20(24-21(22)23)15-16-11-6-5-7-12-16/h5-8,11-14,20H,3-4,9-10,15H2,1-2H3,(H,22,23). The predicted octanol–water partition coefficient (Wildman–Crippen LogP) is 5.57. The Morgan fingerprint density at radius 2 is 1.71 bits per heavy atom. The molecule has 2 aromatic carbocycles. The van der Waals surface area contributed by atoms with E-state index in [1.165, 1.54) is 11.1 Å². The first-order valence-corrected chi connectivity index (χ1v) is 8.69. The monoisotopic (exact) mass is 326 g/mol. The van der Waals surface area contributed by atoms with Crippen LogP contribution in [0.1, 0.15) is 55.0 Å². The summed E-state index contributed by atoms with van der Waals surface area (Å²) >= 11 is 0. The van der Waals surface area contributed by atoms with Crippen molar-refractivity contribution in [2.75, 3.05) is 0 Å². The van der Waals surface area contributed by atoms with Gasteiger partial charge in [-0.25, -0.2) is 4.79 Å². The summed E-state index contributed by atoms with van der Waals surface area (Å²) < 4.78 is 5.28. The van der Waals surface area contributed by atoms with Gasteiger partial charge in [0.25, 0.3) is 0 Å². The minimum absolute atomic E-state index is 0.469. The zero-order valence-corrected chi connectivity index (χ0v) is 14.5. The number of carbonyl (C=O) groups is 1. The van der Waals surface area contributed by atoms with Crippen LogP contribution in [-0.2, 0) is 24.0 Å². The summed E-state index contributed by atoms with van der Waals surface area (Å²) in [4.78, 5) is 11.2. The molecule has 3 nitrogen and oxygen atoms in total. The molecule has 0 amide bonds. The van der Waals surface area contributed by atoms with Gasteiger partial charge in [-0.05, 0) is 35.1 Å². The molecule has 1 atom stereocenters. The first-order valence-electron chi connectivity index (χ1n) is 8.69. The first kappa shape index (κ1) is 18.1. The van der Waals surface area contributed by atoms with Gasteiger partial charge in [-0.2, -0.15) is 0 Å². The first-order chi connectivity index (χ1) is 11.7. The van der Waals surface area contributed by atoms with Gasteiger partial charge in [0, 0.05) is 6.42 Å². The Morgan fingerprint density at radius 3 is 2.33 bits per heavy atom. The van der Waals surface area contributed by atoms with Crippen molar-refractivity contribution in [1.82, 2.24) is 0 Å². The zero-order valence-electron chi connectivity index (χ0n) is 14.5. The van der Waals surface area contributed by atoms with E-state index in [9.17, 15) is 9.90 Å². The Balaban J connectivity index is 2.40. The van der Waals surface area contributed by atoms with Crippen LogP contribution in [0.25, 0.3) is 0 Å². The molecule has 0 aliphatic carbocycles. The number of hydrogen-bond donors (Lipinski definition) is 1. The van der Waals surface area contributed by atoms with E-state index in [2.05, 4.69) is 19.9 Å². The maximum absolute atomic E-state index is 11.2. The van der Waals surface area contributed by atoms with E-state index in [4.69, 9.17) is 4.74 Å². The molecule has 24 heavy (non-hydrogen) atoms. The molecule has 3 heteroatoms. The second-order valence-electron chi connectivity index (χ2n) is 6.05. The minimum Gasteiger partial charge on any atom is -0.450 e. The van der Waals surface area contributed by atoms with Crippen LogP contribution in [0.5, 0.6) is 0 Å². The molecule has 0 aliphatic heterocycles. The van der Waals surface area contributed by atoms with Crippen LogP contribution in [0.3, 0.4) is 0 Å². The van der Waals surface area contributed by atoms with Crippen molar-refractivity contribution in [1.29, 1.82) is 0 Å². The lowest BCUT2D eigenvalue weighted by atomic mass is 9.89. The molecule has 0 spiro atoms. The van der Waals surface area contributed by atoms with Crippen molar-refractivity contribution in [3.63, 3.8) is 0 Å². The average molecular weight is 326 g/mol. The lowest BCUT2D eigenvalue weighted by Gasteiger charge is -2.22. The lowest BCUT2D eigenvalue weighted by Crippen LogP contribution is -2.15. The summed E-state index contributed by atoms with van der Waals surface area (Å²) in [5.41, 5.74) is 4.65. The zero-order chi connectivity index (χ0) is 17.4. The van der Waals surface area contributed by atoms with Gasteiger partial charge in [0.2, 0.25) is 0 Å². The summed E-state index contributed by atoms with van der Waals surface area (Å²) in [6, 6.07) is 16.1. The Kier molecular flexibility index (Phi) is 6.86. The summed E-state index contributed by atoms with van der Waals surface area (Å²) in [7, 11) is 0. The van der Waals surface area contributed by atoms with Crippen LogP contribution in [0.15, 0.2) is 48.5 Å². The van der Waals surface area contributed by atoms with Crippen molar-refractivity contribution in [2.24, 2.45) is 0 Å². The van der Waals surface area contributed by atoms with Crippen molar-refractivity contribution >= 4 is 6.16 Å². The maximum Gasteiger partial charge on any atom is 0.506 e. The van der Waals surface area contributed by atoms with Crippen LogP contribution in [0.2, 0.25) is 0 Å². The number of aryl methyl sites for hydroxylation is 1. The van der Waals surface area contributed by atoms with Crippen LogP contribution in [0.4, 0.5) is 4.79 Å². The van der Waals surface area contributed by atoms with E-state index in [0.717, 1.165) is 36.8 Å². The topological polar surface area (TPSA) is 46.5 Å². The number of benzene rings is 2. The fourth-order valence-electron chi connectivity index (χ4n) is 3.18. The highest BCUT2D eigenvalue weighted by Crippen LogP contribution is 2.29. The molecule has 2 rings (SSSR count). The summed E-state index contributed by atoms with van der Waals surface area (Å²) in [6.45, 7) is 4.31. The smallest absolute Gasteiger partial charge is 0.450 e. The Labute approximate surface area is 144 Å². The Hall–Kier alpha value is -2.29. The normalized spacial score (nSPS) is 11.9. The molecule has 1 N–H and O–H groups in total. The van der Waals surface area contributed by atoms with E-state index in [1.807, 2.05) is 42.5 Å². The maximum atomic E-state index is 11.2. The average Bonchev–Trinajstić information content (AvgIpc) is 2.57. The van der Waals surface area contributed by atoms with Crippen molar-refractivity contribution in [2.45, 2.75) is 52.1 Å². The highest BCUT2D eigenvalue weighted by molar-refractivity contribution is 5.57. The van der Waals surface area contributed by atoms with Gasteiger partial charge in [-0.15, -0.1) is 0 Å². The summed E-state index contributed by atoms with van der Waals surface area (Å²) in [5, 5.41) is 9.19. The van der Waals surface area contributed by atoms with E-state index >= 15 is 0 Å². The molecule has 0 heterocycles. The van der Waals surface area contributed by atoms with Gasteiger partial charge in [0.1, 0.15) is 6.10 Å². The van der Waals surface area contributed by atoms with E-state index < -0.39 is 12.3 Å². The van der Waals surface area contributed by atoms with Crippen LogP contribution in [0, 0.1) is 0 Å². The molecule has 0 radical (unpaired) electrons. The van der Waals surface area contributed by atoms with E-state index in [-0.39, 0.29) is 0 Å². The van der Waals surface area contributed by atoms with Gasteiger partial charge in [-0.1, -0.05) is 75.2 Å². The fourth-order valence-corrected chi connectivity index (χ4v) is 3.18. The molecular weight excluding hydrogens is 300 g/mol. The van der Waals surface area contributed by atoms with Gasteiger partial charge in [0.05, 0.1) is 0 Å². The van der Waals surface area contributed by atoms with Gasteiger partial charge in [0.15, 0.2) is 0 Å². The number of rotatable bonds is 8. The third kappa shape index (κ3) is 4.85. The molecule has 1 unspecified atom stereocenters. The number of hydrogen-bond acceptors (Lipinski definition) is 2. The van der Waals surface area contributed by atoms with Crippen LogP contribution >= 0.6 is 0 Å². The van der Waals surface area contributed by atoms with Crippen molar-refractivity contribution in [3.8, 4) is 0 Å². The van der Waals surface area contributed by atoms with Gasteiger partial charge < -0.3 is 9.84 Å². The third-order valence-electron chi connectivity index (χ3n) is 4.18. The molecule has 0 aliphatic rings. The summed E-state index contributed by atoms with van der Waals surface area (Å²) in [5.74, 6) is 0. The number of carboxylic acid groups (broad SMARTS) is 1. The van der Waals surface area contributed by atoms with Crippen molar-refractivity contribution in [3.05, 3.63) is 70.8 Å². The second-order valence-corrected chi connectivity index (χ2v) is 6.05. The quantitative estimate of drug-likeness (QED) is 0.645. The molecule has 0 saturated heterocycles. The fraction of sp³-hybridized carbons (Fsp3) is 0.381. The van der Waals surface area contributed by atoms with E-state index in [1.54, 1.807) is 0 Å². The molecule has 0 fully saturated rings. The molecular formula is C21H26O3.